The largest absolute Gasteiger partial charge is 0.477 e. The molecular weight excluding hydrogens is 500 g/mol. The van der Waals surface area contributed by atoms with E-state index >= 15 is 0 Å². The molecule has 3 rings (SSSR count). The van der Waals surface area contributed by atoms with Gasteiger partial charge in [-0.15, -0.1) is 0 Å². The standard InChI is InChI=1S/C21H29ClN6O6S/c1-4-11-16(22)27-17(24-11)19(30)25-12-6-8-28(10-13(12)34-5-2)21-26-14(15(35-21)20(31)32)18(29)23-7-9-33-3/h12-13H,4-10H2,1-3H3,(H,23,29)(H,24,27)(H,25,30)(H,31,32)/t12-,13+/m1/s1. The zero-order valence-corrected chi connectivity index (χ0v) is 21.3. The van der Waals surface area contributed by atoms with Crippen molar-refractivity contribution in [3.63, 3.8) is 0 Å². The molecule has 1 saturated heterocycles. The molecule has 4 N–H and O–H groups in total. The van der Waals surface area contributed by atoms with Crippen LogP contribution in [-0.2, 0) is 15.9 Å². The molecule has 2 aromatic rings. The Labute approximate surface area is 211 Å². The zero-order chi connectivity index (χ0) is 25.5. The Hall–Kier alpha value is -2.74. The van der Waals surface area contributed by atoms with Crippen molar-refractivity contribution in [2.24, 2.45) is 0 Å². The number of carbonyl (C=O) groups is 3. The highest BCUT2D eigenvalue weighted by atomic mass is 35.5. The number of carboxylic acid groups (broad SMARTS) is 1. The number of hydrogen-bond acceptors (Lipinski definition) is 9. The van der Waals surface area contributed by atoms with Gasteiger partial charge in [-0.05, 0) is 19.8 Å². The number of amides is 2. The second kappa shape index (κ2) is 12.3. The average Bonchev–Trinajstić information content (AvgIpc) is 3.44. The number of rotatable bonds is 11. The van der Waals surface area contributed by atoms with Crippen LogP contribution >= 0.6 is 22.9 Å². The first-order chi connectivity index (χ1) is 16.8. The summed E-state index contributed by atoms with van der Waals surface area (Å²) < 4.78 is 10.8. The summed E-state index contributed by atoms with van der Waals surface area (Å²) in [7, 11) is 1.50. The molecule has 35 heavy (non-hydrogen) atoms. The number of thiazole rings is 1. The van der Waals surface area contributed by atoms with E-state index in [9.17, 15) is 19.5 Å². The lowest BCUT2D eigenvalue weighted by atomic mass is 10.0. The van der Waals surface area contributed by atoms with Gasteiger partial charge in [0.2, 0.25) is 0 Å². The van der Waals surface area contributed by atoms with Crippen LogP contribution in [0, 0.1) is 0 Å². The smallest absolute Gasteiger partial charge is 0.348 e. The lowest BCUT2D eigenvalue weighted by Crippen LogP contribution is -2.55. The summed E-state index contributed by atoms with van der Waals surface area (Å²) in [5.41, 5.74) is 0.548. The molecule has 1 fully saturated rings. The molecule has 1 aliphatic rings. The predicted molar refractivity (Wildman–Crippen MR) is 130 cm³/mol. The summed E-state index contributed by atoms with van der Waals surface area (Å²) in [6.45, 7) is 5.55. The number of imidazole rings is 1. The minimum absolute atomic E-state index is 0.139. The van der Waals surface area contributed by atoms with Crippen molar-refractivity contribution in [3.05, 3.63) is 27.2 Å². The third kappa shape index (κ3) is 6.48. The number of aromatic amines is 1. The number of halogens is 1. The molecule has 2 atom stereocenters. The SMILES string of the molecule is CCO[C@H]1CN(c2nc(C(=O)NCCOC)c(C(=O)O)s2)CC[C@H]1NC(=O)c1nc(Cl)c(CC)[nH]1. The highest BCUT2D eigenvalue weighted by molar-refractivity contribution is 7.17. The van der Waals surface area contributed by atoms with Gasteiger partial charge in [-0.3, -0.25) is 9.59 Å². The molecule has 0 saturated carbocycles. The number of hydrogen-bond donors (Lipinski definition) is 4. The van der Waals surface area contributed by atoms with Crippen molar-refractivity contribution in [2.45, 2.75) is 38.8 Å². The maximum Gasteiger partial charge on any atom is 0.348 e. The van der Waals surface area contributed by atoms with Crippen LogP contribution in [0.15, 0.2) is 0 Å². The maximum atomic E-state index is 12.7. The zero-order valence-electron chi connectivity index (χ0n) is 19.7. The molecule has 0 aliphatic carbocycles. The van der Waals surface area contributed by atoms with Gasteiger partial charge in [0, 0.05) is 33.4 Å². The van der Waals surface area contributed by atoms with Crippen LogP contribution < -0.4 is 15.5 Å². The van der Waals surface area contributed by atoms with Gasteiger partial charge in [0.15, 0.2) is 21.8 Å². The number of carbonyl (C=O) groups excluding carboxylic acids is 2. The molecule has 2 amide bonds. The summed E-state index contributed by atoms with van der Waals surface area (Å²) in [5, 5.41) is 15.8. The molecule has 192 valence electrons. The van der Waals surface area contributed by atoms with E-state index in [1.54, 1.807) is 0 Å². The van der Waals surface area contributed by atoms with E-state index in [-0.39, 0.29) is 46.1 Å². The van der Waals surface area contributed by atoms with E-state index in [1.165, 1.54) is 7.11 Å². The first-order valence-corrected chi connectivity index (χ1v) is 12.4. The second-order valence-electron chi connectivity index (χ2n) is 7.74. The third-order valence-electron chi connectivity index (χ3n) is 5.44. The van der Waals surface area contributed by atoms with Gasteiger partial charge in [0.25, 0.3) is 11.8 Å². The quantitative estimate of drug-likeness (QED) is 0.317. The van der Waals surface area contributed by atoms with E-state index in [1.807, 2.05) is 18.7 Å². The molecule has 3 heterocycles. The highest BCUT2D eigenvalue weighted by Crippen LogP contribution is 2.30. The average molecular weight is 529 g/mol. The lowest BCUT2D eigenvalue weighted by Gasteiger charge is -2.38. The number of piperidine rings is 1. The molecule has 12 nitrogen and oxygen atoms in total. The van der Waals surface area contributed by atoms with Gasteiger partial charge in [-0.1, -0.05) is 29.9 Å². The maximum absolute atomic E-state index is 12.7. The monoisotopic (exact) mass is 528 g/mol. The minimum atomic E-state index is -1.22. The van der Waals surface area contributed by atoms with Crippen molar-refractivity contribution in [1.82, 2.24) is 25.6 Å². The van der Waals surface area contributed by atoms with Gasteiger partial charge in [-0.2, -0.15) is 0 Å². The normalized spacial score (nSPS) is 17.9. The molecule has 0 bridgehead atoms. The highest BCUT2D eigenvalue weighted by Gasteiger charge is 2.34. The van der Waals surface area contributed by atoms with Crippen LogP contribution in [0.25, 0.3) is 0 Å². The molecule has 0 radical (unpaired) electrons. The second-order valence-corrected chi connectivity index (χ2v) is 9.08. The fourth-order valence-electron chi connectivity index (χ4n) is 3.70. The topological polar surface area (TPSA) is 159 Å². The number of aromatic nitrogens is 3. The van der Waals surface area contributed by atoms with E-state index < -0.39 is 11.9 Å². The van der Waals surface area contributed by atoms with Gasteiger partial charge >= 0.3 is 5.97 Å². The van der Waals surface area contributed by atoms with E-state index in [0.717, 1.165) is 11.3 Å². The Morgan fingerprint density at radius 1 is 1.29 bits per heavy atom. The predicted octanol–water partition coefficient (Wildman–Crippen LogP) is 1.57. The van der Waals surface area contributed by atoms with Crippen LogP contribution in [0.5, 0.6) is 0 Å². The summed E-state index contributed by atoms with van der Waals surface area (Å²) in [6.07, 6.45) is 0.755. The summed E-state index contributed by atoms with van der Waals surface area (Å²) in [4.78, 5) is 50.0. The number of ether oxygens (including phenoxy) is 2. The van der Waals surface area contributed by atoms with Crippen LogP contribution in [-0.4, -0.2) is 89.9 Å². The molecule has 2 aromatic heterocycles. The summed E-state index contributed by atoms with van der Waals surface area (Å²) >= 11 is 6.99. The van der Waals surface area contributed by atoms with Gasteiger partial charge in [0.05, 0.1) is 24.4 Å². The number of carboxylic acids is 1. The summed E-state index contributed by atoms with van der Waals surface area (Å²) in [5.74, 6) is -2.04. The number of nitrogens with zero attached hydrogens (tertiary/aromatic N) is 3. The molecule has 0 aromatic carbocycles. The molecule has 1 aliphatic heterocycles. The molecular formula is C21H29ClN6O6S. The van der Waals surface area contributed by atoms with E-state index in [2.05, 4.69) is 25.6 Å². The number of anilines is 1. The Morgan fingerprint density at radius 3 is 2.69 bits per heavy atom. The molecule has 14 heteroatoms. The van der Waals surface area contributed by atoms with E-state index in [0.29, 0.717) is 50.0 Å². The fraction of sp³-hybridized carbons (Fsp3) is 0.571. The number of nitrogens with one attached hydrogen (secondary N) is 3. The Balaban J connectivity index is 1.73. The number of H-pyrrole nitrogens is 1. The van der Waals surface area contributed by atoms with Gasteiger partial charge in [-0.25, -0.2) is 14.8 Å². The fourth-order valence-corrected chi connectivity index (χ4v) is 4.90. The minimum Gasteiger partial charge on any atom is -0.477 e. The van der Waals surface area contributed by atoms with E-state index in [4.69, 9.17) is 21.1 Å². The Bertz CT molecular complexity index is 1060. The number of aryl methyl sites for hydroxylation is 1. The molecule has 0 unspecified atom stereocenters. The van der Waals surface area contributed by atoms with Crippen LogP contribution in [0.3, 0.4) is 0 Å². The van der Waals surface area contributed by atoms with Crippen molar-refractivity contribution in [3.8, 4) is 0 Å². The van der Waals surface area contributed by atoms with Crippen molar-refractivity contribution >= 4 is 45.9 Å². The van der Waals surface area contributed by atoms with Crippen LogP contribution in [0.2, 0.25) is 5.15 Å². The van der Waals surface area contributed by atoms with Crippen LogP contribution in [0.4, 0.5) is 5.13 Å². The molecule has 0 spiro atoms. The van der Waals surface area contributed by atoms with Crippen LogP contribution in [0.1, 0.15) is 56.7 Å². The number of methoxy groups -OCH3 is 1. The first kappa shape index (κ1) is 26.9. The van der Waals surface area contributed by atoms with Gasteiger partial charge in [0.1, 0.15) is 4.88 Å². The Kier molecular flexibility index (Phi) is 9.43. The van der Waals surface area contributed by atoms with Crippen molar-refractivity contribution in [1.29, 1.82) is 0 Å². The van der Waals surface area contributed by atoms with Gasteiger partial charge < -0.3 is 35.1 Å². The number of aromatic carboxylic acids is 1. The third-order valence-corrected chi connectivity index (χ3v) is 6.86. The summed E-state index contributed by atoms with van der Waals surface area (Å²) in [6, 6.07) is -0.302. The van der Waals surface area contributed by atoms with Crippen molar-refractivity contribution in [2.75, 3.05) is 44.9 Å². The Morgan fingerprint density at radius 2 is 2.06 bits per heavy atom. The first-order valence-electron chi connectivity index (χ1n) is 11.2. The lowest BCUT2D eigenvalue weighted by molar-refractivity contribution is 0.0271. The van der Waals surface area contributed by atoms with Crippen molar-refractivity contribution < 1.29 is 29.0 Å².